The van der Waals surface area contributed by atoms with Crippen LogP contribution >= 0.6 is 46.4 Å². The Bertz CT molecular complexity index is 909. The van der Waals surface area contributed by atoms with E-state index < -0.39 is 5.92 Å². The smallest absolute Gasteiger partial charge is 0.224 e. The average molecular weight is 444 g/mol. The molecule has 0 fully saturated rings. The van der Waals surface area contributed by atoms with Crippen molar-refractivity contribution in [2.24, 2.45) is 0 Å². The molecule has 0 aliphatic heterocycles. The minimum Gasteiger partial charge on any atom is -0.325 e. The molecule has 0 saturated heterocycles. The number of nitrogens with zero attached hydrogens (tertiary/aromatic N) is 1. The van der Waals surface area contributed by atoms with Crippen molar-refractivity contribution in [3.63, 3.8) is 0 Å². The molecule has 1 unspecified atom stereocenters. The molecule has 2 rings (SSSR count). The van der Waals surface area contributed by atoms with E-state index in [1.54, 1.807) is 30.3 Å². The maximum absolute atomic E-state index is 12.4. The number of benzene rings is 2. The summed E-state index contributed by atoms with van der Waals surface area (Å²) in [6, 6.07) is 11.3. The second-order valence-electron chi connectivity index (χ2n) is 5.72. The van der Waals surface area contributed by atoms with E-state index in [1.807, 2.05) is 6.07 Å². The Hall–Kier alpha value is -1.77. The van der Waals surface area contributed by atoms with Gasteiger partial charge in [-0.1, -0.05) is 52.5 Å². The number of halogens is 4. The van der Waals surface area contributed by atoms with E-state index in [9.17, 15) is 14.9 Å². The van der Waals surface area contributed by atoms with Crippen molar-refractivity contribution in [2.75, 3.05) is 5.32 Å². The monoisotopic (exact) mass is 442 g/mol. The van der Waals surface area contributed by atoms with Crippen LogP contribution in [-0.4, -0.2) is 11.7 Å². The molecule has 0 spiro atoms. The third-order valence-electron chi connectivity index (χ3n) is 3.75. The van der Waals surface area contributed by atoms with Crippen molar-refractivity contribution >= 4 is 63.8 Å². The van der Waals surface area contributed by atoms with Crippen LogP contribution in [0.5, 0.6) is 0 Å². The predicted octanol–water partition coefficient (Wildman–Crippen LogP) is 6.29. The van der Waals surface area contributed by atoms with E-state index in [0.29, 0.717) is 26.3 Å². The largest absolute Gasteiger partial charge is 0.325 e. The molecule has 0 aliphatic rings. The molecule has 0 saturated carbocycles. The molecule has 2 aromatic carbocycles. The molecule has 0 heterocycles. The van der Waals surface area contributed by atoms with Crippen LogP contribution in [0, 0.1) is 11.3 Å². The summed E-state index contributed by atoms with van der Waals surface area (Å²) >= 11 is 23.8. The van der Waals surface area contributed by atoms with Gasteiger partial charge in [-0.2, -0.15) is 5.26 Å². The minimum atomic E-state index is -1.000. The van der Waals surface area contributed by atoms with Crippen LogP contribution in [0.4, 0.5) is 5.69 Å². The average Bonchev–Trinajstić information content (AvgIpc) is 2.60. The number of ketones is 1. The van der Waals surface area contributed by atoms with Gasteiger partial charge in [-0.05, 0) is 42.3 Å². The molecule has 0 aliphatic carbocycles. The van der Waals surface area contributed by atoms with Gasteiger partial charge in [0.05, 0.1) is 16.8 Å². The zero-order valence-corrected chi connectivity index (χ0v) is 17.0. The zero-order chi connectivity index (χ0) is 20.0. The standard InChI is InChI=1S/C19H14Cl4N2O2/c20-11-4-6-13(16(23)8-11)14(10-24)18(26)2-1-3-19(27)25-17-9-12(21)5-7-15(17)22/h4-9,14H,1-3H2,(H,25,27). The summed E-state index contributed by atoms with van der Waals surface area (Å²) in [5.74, 6) is -1.61. The van der Waals surface area contributed by atoms with Gasteiger partial charge in [0.25, 0.3) is 0 Å². The number of rotatable bonds is 7. The van der Waals surface area contributed by atoms with Crippen LogP contribution in [0.25, 0.3) is 0 Å². The van der Waals surface area contributed by atoms with Gasteiger partial charge in [-0.3, -0.25) is 9.59 Å². The maximum Gasteiger partial charge on any atom is 0.224 e. The summed E-state index contributed by atoms with van der Waals surface area (Å²) in [4.78, 5) is 24.4. The number of hydrogen-bond donors (Lipinski definition) is 1. The summed E-state index contributed by atoms with van der Waals surface area (Å²) in [7, 11) is 0. The molecule has 8 heteroatoms. The lowest BCUT2D eigenvalue weighted by Crippen LogP contribution is -2.15. The number of carbonyl (C=O) groups excluding carboxylic acids is 2. The number of Topliss-reactive ketones (excluding diaryl/α,β-unsaturated/α-hetero) is 1. The van der Waals surface area contributed by atoms with Gasteiger partial charge in [0.15, 0.2) is 5.78 Å². The van der Waals surface area contributed by atoms with Crippen molar-refractivity contribution in [1.82, 2.24) is 0 Å². The molecule has 1 atom stereocenters. The topological polar surface area (TPSA) is 70.0 Å². The minimum absolute atomic E-state index is 0.0634. The fourth-order valence-corrected chi connectivity index (χ4v) is 3.28. The maximum atomic E-state index is 12.4. The van der Waals surface area contributed by atoms with Gasteiger partial charge in [0.1, 0.15) is 5.92 Å². The van der Waals surface area contributed by atoms with E-state index in [4.69, 9.17) is 46.4 Å². The number of nitrogens with one attached hydrogen (secondary N) is 1. The molecule has 4 nitrogen and oxygen atoms in total. The highest BCUT2D eigenvalue weighted by Crippen LogP contribution is 2.29. The molecule has 0 radical (unpaired) electrons. The van der Waals surface area contributed by atoms with Gasteiger partial charge >= 0.3 is 0 Å². The summed E-state index contributed by atoms with van der Waals surface area (Å²) in [5.41, 5.74) is 0.812. The molecule has 140 valence electrons. The van der Waals surface area contributed by atoms with Gasteiger partial charge in [-0.25, -0.2) is 0 Å². The second kappa shape index (κ2) is 9.96. The van der Waals surface area contributed by atoms with E-state index in [1.165, 1.54) is 6.07 Å². The molecular formula is C19H14Cl4N2O2. The Morgan fingerprint density at radius 3 is 2.30 bits per heavy atom. The van der Waals surface area contributed by atoms with Crippen LogP contribution < -0.4 is 5.32 Å². The van der Waals surface area contributed by atoms with E-state index in [-0.39, 0.29) is 36.0 Å². The summed E-state index contributed by atoms with van der Waals surface area (Å²) in [6.07, 6.45) is 0.446. The van der Waals surface area contributed by atoms with Gasteiger partial charge in [0.2, 0.25) is 5.91 Å². The second-order valence-corrected chi connectivity index (χ2v) is 7.41. The zero-order valence-electron chi connectivity index (χ0n) is 13.9. The first-order valence-corrected chi connectivity index (χ1v) is 9.45. The number of carbonyl (C=O) groups is 2. The highest BCUT2D eigenvalue weighted by atomic mass is 35.5. The third-order valence-corrected chi connectivity index (χ3v) is 4.88. The van der Waals surface area contributed by atoms with Crippen molar-refractivity contribution in [1.29, 1.82) is 5.26 Å². The van der Waals surface area contributed by atoms with Crippen LogP contribution in [0.2, 0.25) is 20.1 Å². The van der Waals surface area contributed by atoms with E-state index >= 15 is 0 Å². The summed E-state index contributed by atoms with van der Waals surface area (Å²) in [6.45, 7) is 0. The van der Waals surface area contributed by atoms with Crippen LogP contribution in [0.1, 0.15) is 30.7 Å². The van der Waals surface area contributed by atoms with Gasteiger partial charge < -0.3 is 5.32 Å². The number of amides is 1. The fraction of sp³-hybridized carbons (Fsp3) is 0.211. The Balaban J connectivity index is 1.91. The molecule has 1 N–H and O–H groups in total. The Labute approximate surface area is 177 Å². The van der Waals surface area contributed by atoms with Crippen molar-refractivity contribution in [3.05, 3.63) is 62.1 Å². The van der Waals surface area contributed by atoms with Crippen LogP contribution in [0.3, 0.4) is 0 Å². The molecule has 2 aromatic rings. The van der Waals surface area contributed by atoms with Crippen LogP contribution in [-0.2, 0) is 9.59 Å². The number of anilines is 1. The Morgan fingerprint density at radius 1 is 0.963 bits per heavy atom. The third kappa shape index (κ3) is 6.12. The van der Waals surface area contributed by atoms with E-state index in [2.05, 4.69) is 5.32 Å². The lowest BCUT2D eigenvalue weighted by molar-refractivity contribution is -0.119. The summed E-state index contributed by atoms with van der Waals surface area (Å²) in [5, 5.41) is 13.5. The Kier molecular flexibility index (Phi) is 7.94. The molecular weight excluding hydrogens is 430 g/mol. The van der Waals surface area contributed by atoms with Crippen molar-refractivity contribution < 1.29 is 9.59 Å². The number of hydrogen-bond acceptors (Lipinski definition) is 3. The Morgan fingerprint density at radius 2 is 1.63 bits per heavy atom. The first-order chi connectivity index (χ1) is 12.8. The van der Waals surface area contributed by atoms with Gasteiger partial charge in [-0.15, -0.1) is 0 Å². The highest BCUT2D eigenvalue weighted by molar-refractivity contribution is 6.36. The van der Waals surface area contributed by atoms with E-state index in [0.717, 1.165) is 0 Å². The first kappa shape index (κ1) is 21.5. The number of nitriles is 1. The lowest BCUT2D eigenvalue weighted by atomic mass is 9.93. The normalized spacial score (nSPS) is 11.5. The fourth-order valence-electron chi connectivity index (χ4n) is 2.42. The molecule has 0 bridgehead atoms. The first-order valence-electron chi connectivity index (χ1n) is 7.94. The quantitative estimate of drug-likeness (QED) is 0.546. The van der Waals surface area contributed by atoms with Gasteiger partial charge in [0, 0.05) is 27.9 Å². The van der Waals surface area contributed by atoms with Crippen molar-refractivity contribution in [2.45, 2.75) is 25.2 Å². The lowest BCUT2D eigenvalue weighted by Gasteiger charge is -2.11. The molecule has 27 heavy (non-hydrogen) atoms. The highest BCUT2D eigenvalue weighted by Gasteiger charge is 2.22. The van der Waals surface area contributed by atoms with Crippen LogP contribution in [0.15, 0.2) is 36.4 Å². The predicted molar refractivity (Wildman–Crippen MR) is 109 cm³/mol. The molecule has 1 amide bonds. The van der Waals surface area contributed by atoms with Crippen molar-refractivity contribution in [3.8, 4) is 6.07 Å². The summed E-state index contributed by atoms with van der Waals surface area (Å²) < 4.78 is 0. The SMILES string of the molecule is N#CC(C(=O)CCCC(=O)Nc1cc(Cl)ccc1Cl)c1ccc(Cl)cc1Cl. The molecule has 0 aromatic heterocycles.